The molecule has 0 spiro atoms. The van der Waals surface area contributed by atoms with Crippen molar-refractivity contribution in [2.45, 2.75) is 13.0 Å². The maximum Gasteiger partial charge on any atom is 0.270 e. The number of anilines is 2. The number of methoxy groups -OCH3 is 1. The summed E-state index contributed by atoms with van der Waals surface area (Å²) < 4.78 is 7.02. The molecule has 1 atom stereocenters. The van der Waals surface area contributed by atoms with Crippen LogP contribution in [0.15, 0.2) is 84.3 Å². The Morgan fingerprint density at radius 2 is 2.00 bits per heavy atom. The van der Waals surface area contributed by atoms with Crippen LogP contribution in [0.2, 0.25) is 0 Å². The maximum atomic E-state index is 13.5. The van der Waals surface area contributed by atoms with E-state index in [9.17, 15) is 14.9 Å². The lowest BCUT2D eigenvalue weighted by molar-refractivity contribution is -0.384. The normalized spacial score (nSPS) is 14.6. The Labute approximate surface area is 205 Å². The van der Waals surface area contributed by atoms with Gasteiger partial charge in [0.2, 0.25) is 5.95 Å². The van der Waals surface area contributed by atoms with E-state index in [1.54, 1.807) is 55.4 Å². The first-order valence-corrected chi connectivity index (χ1v) is 11.0. The Morgan fingerprint density at radius 3 is 2.75 bits per heavy atom. The fourth-order valence-electron chi connectivity index (χ4n) is 4.08. The summed E-state index contributed by atoms with van der Waals surface area (Å²) in [6, 6.07) is 16.3. The minimum atomic E-state index is -0.645. The summed E-state index contributed by atoms with van der Waals surface area (Å²) in [5.41, 5.74) is 2.74. The number of carbonyl (C=O) groups excluding carboxylic acids is 1. The number of allylic oxidation sites excluding steroid dienone is 1. The van der Waals surface area contributed by atoms with Crippen LogP contribution in [0.25, 0.3) is 11.4 Å². The van der Waals surface area contributed by atoms with Crippen molar-refractivity contribution in [1.82, 2.24) is 19.7 Å². The van der Waals surface area contributed by atoms with E-state index in [0.29, 0.717) is 34.2 Å². The van der Waals surface area contributed by atoms with Crippen molar-refractivity contribution < 1.29 is 14.5 Å². The highest BCUT2D eigenvalue weighted by atomic mass is 16.6. The molecule has 2 aromatic carbocycles. The predicted molar refractivity (Wildman–Crippen MR) is 132 cm³/mol. The number of benzene rings is 2. The lowest BCUT2D eigenvalue weighted by atomic mass is 9.95. The van der Waals surface area contributed by atoms with Gasteiger partial charge >= 0.3 is 0 Å². The first kappa shape index (κ1) is 22.7. The van der Waals surface area contributed by atoms with Gasteiger partial charge in [0.15, 0.2) is 5.82 Å². The minimum Gasteiger partial charge on any atom is -0.497 e. The smallest absolute Gasteiger partial charge is 0.270 e. The van der Waals surface area contributed by atoms with Gasteiger partial charge in [0, 0.05) is 29.6 Å². The number of nitro benzene ring substituents is 1. The summed E-state index contributed by atoms with van der Waals surface area (Å²) in [6.45, 7) is 1.79. The highest BCUT2D eigenvalue weighted by molar-refractivity contribution is 6.06. The Bertz CT molecular complexity index is 1500. The van der Waals surface area contributed by atoms with E-state index in [2.05, 4.69) is 25.7 Å². The van der Waals surface area contributed by atoms with Gasteiger partial charge in [-0.15, -0.1) is 5.10 Å². The number of nitro groups is 1. The van der Waals surface area contributed by atoms with Crippen molar-refractivity contribution in [3.05, 3.63) is 100 Å². The number of fused-ring (bicyclic) bond motifs is 1. The number of ether oxygens (including phenoxy) is 1. The maximum absolute atomic E-state index is 13.5. The van der Waals surface area contributed by atoms with E-state index in [1.807, 2.05) is 24.3 Å². The van der Waals surface area contributed by atoms with Crippen molar-refractivity contribution in [1.29, 1.82) is 0 Å². The lowest BCUT2D eigenvalue weighted by Crippen LogP contribution is -2.31. The highest BCUT2D eigenvalue weighted by Crippen LogP contribution is 2.38. The second-order valence-corrected chi connectivity index (χ2v) is 8.05. The Hall–Kier alpha value is -5.06. The summed E-state index contributed by atoms with van der Waals surface area (Å²) in [4.78, 5) is 33.0. The van der Waals surface area contributed by atoms with Gasteiger partial charge in [-0.25, -0.2) is 4.68 Å². The van der Waals surface area contributed by atoms with Crippen LogP contribution in [0, 0.1) is 10.1 Å². The molecule has 4 aromatic rings. The minimum absolute atomic E-state index is 0.0663. The summed E-state index contributed by atoms with van der Waals surface area (Å²) in [5.74, 6) is 0.978. The van der Waals surface area contributed by atoms with Gasteiger partial charge in [0.25, 0.3) is 11.6 Å². The molecule has 0 fully saturated rings. The summed E-state index contributed by atoms with van der Waals surface area (Å²) >= 11 is 0. The second kappa shape index (κ2) is 9.29. The van der Waals surface area contributed by atoms with E-state index in [4.69, 9.17) is 4.74 Å². The van der Waals surface area contributed by atoms with Crippen molar-refractivity contribution in [2.24, 2.45) is 0 Å². The van der Waals surface area contributed by atoms with Crippen LogP contribution >= 0.6 is 0 Å². The van der Waals surface area contributed by atoms with Crippen molar-refractivity contribution >= 4 is 23.2 Å². The average Bonchev–Trinajstić information content (AvgIpc) is 3.32. The van der Waals surface area contributed by atoms with Crippen LogP contribution in [0.5, 0.6) is 5.75 Å². The lowest BCUT2D eigenvalue weighted by Gasteiger charge is -2.28. The number of nitrogens with zero attached hydrogens (tertiary/aromatic N) is 5. The Kier molecular flexibility index (Phi) is 5.87. The molecule has 0 saturated carbocycles. The number of non-ortho nitro benzene ring substituents is 1. The molecule has 1 unspecified atom stereocenters. The van der Waals surface area contributed by atoms with Crippen LogP contribution in [0.4, 0.5) is 17.3 Å². The van der Waals surface area contributed by atoms with Crippen LogP contribution in [-0.2, 0) is 4.79 Å². The molecular weight excluding hydrogens is 462 g/mol. The number of amides is 1. The first-order valence-electron chi connectivity index (χ1n) is 11.0. The third-order valence-electron chi connectivity index (χ3n) is 5.74. The molecule has 0 bridgehead atoms. The zero-order valence-corrected chi connectivity index (χ0v) is 19.4. The highest BCUT2D eigenvalue weighted by Gasteiger charge is 2.35. The fraction of sp³-hybridized carbons (Fsp3) is 0.120. The summed E-state index contributed by atoms with van der Waals surface area (Å²) in [6.07, 6.45) is 3.18. The zero-order chi connectivity index (χ0) is 25.2. The number of nitrogens with one attached hydrogen (secondary N) is 2. The third-order valence-corrected chi connectivity index (χ3v) is 5.74. The molecule has 1 aliphatic rings. The number of hydrogen-bond donors (Lipinski definition) is 2. The molecular formula is C25H21N7O4. The summed E-state index contributed by atoms with van der Waals surface area (Å²) in [5, 5.41) is 22.0. The average molecular weight is 483 g/mol. The second-order valence-electron chi connectivity index (χ2n) is 8.05. The zero-order valence-electron chi connectivity index (χ0n) is 19.4. The van der Waals surface area contributed by atoms with Gasteiger partial charge in [-0.05, 0) is 36.8 Å². The fourth-order valence-corrected chi connectivity index (χ4v) is 4.08. The molecule has 0 aliphatic carbocycles. The number of carbonyl (C=O) groups is 1. The monoisotopic (exact) mass is 483 g/mol. The molecule has 180 valence electrons. The SMILES string of the molecule is COc1cccc(C2C(C(=O)Nc3cccnc3)=C(C)Nc3nc(-c4cccc([N+](=O)[O-])c4)nn32)c1. The number of rotatable bonds is 6. The largest absolute Gasteiger partial charge is 0.497 e. The molecule has 1 aliphatic heterocycles. The molecule has 2 aromatic heterocycles. The van der Waals surface area contributed by atoms with Gasteiger partial charge in [0.05, 0.1) is 29.5 Å². The molecule has 3 heterocycles. The molecule has 2 N–H and O–H groups in total. The van der Waals surface area contributed by atoms with Crippen molar-refractivity contribution in [3.63, 3.8) is 0 Å². The Morgan fingerprint density at radius 1 is 1.17 bits per heavy atom. The summed E-state index contributed by atoms with van der Waals surface area (Å²) in [7, 11) is 1.57. The van der Waals surface area contributed by atoms with E-state index < -0.39 is 11.0 Å². The first-order chi connectivity index (χ1) is 17.4. The van der Waals surface area contributed by atoms with Crippen molar-refractivity contribution in [2.75, 3.05) is 17.7 Å². The topological polar surface area (TPSA) is 137 Å². The van der Waals surface area contributed by atoms with Gasteiger partial charge in [-0.2, -0.15) is 4.98 Å². The number of hydrogen-bond acceptors (Lipinski definition) is 8. The molecule has 11 heteroatoms. The quantitative estimate of drug-likeness (QED) is 0.308. The Balaban J connectivity index is 1.62. The van der Waals surface area contributed by atoms with E-state index in [1.165, 1.54) is 12.1 Å². The molecule has 11 nitrogen and oxygen atoms in total. The predicted octanol–water partition coefficient (Wildman–Crippen LogP) is 4.18. The van der Waals surface area contributed by atoms with Crippen LogP contribution < -0.4 is 15.4 Å². The molecule has 36 heavy (non-hydrogen) atoms. The van der Waals surface area contributed by atoms with Gasteiger partial charge in [-0.1, -0.05) is 24.3 Å². The van der Waals surface area contributed by atoms with Gasteiger partial charge in [-0.3, -0.25) is 19.9 Å². The van der Waals surface area contributed by atoms with E-state index >= 15 is 0 Å². The van der Waals surface area contributed by atoms with Crippen molar-refractivity contribution in [3.8, 4) is 17.1 Å². The van der Waals surface area contributed by atoms with Crippen LogP contribution in [-0.4, -0.2) is 37.7 Å². The standard InChI is InChI=1S/C25H21N7O4/c1-15-21(24(33)28-18-8-5-11-26-14-18)22(16-6-4-10-20(13-16)36-2)31-25(27-15)29-23(30-31)17-7-3-9-19(12-17)32(34)35/h3-14,22H,1-2H3,(H,28,33)(H,27,29,30). The molecule has 5 rings (SSSR count). The van der Waals surface area contributed by atoms with E-state index in [0.717, 1.165) is 5.56 Å². The molecule has 0 radical (unpaired) electrons. The third kappa shape index (κ3) is 4.25. The van der Waals surface area contributed by atoms with Crippen LogP contribution in [0.3, 0.4) is 0 Å². The molecule has 1 amide bonds. The number of pyridine rings is 1. The number of aromatic nitrogens is 4. The molecule has 0 saturated heterocycles. The van der Waals surface area contributed by atoms with Gasteiger partial charge in [0.1, 0.15) is 11.8 Å². The van der Waals surface area contributed by atoms with E-state index in [-0.39, 0.29) is 17.4 Å². The van der Waals surface area contributed by atoms with Crippen LogP contribution in [0.1, 0.15) is 18.5 Å². The van der Waals surface area contributed by atoms with Gasteiger partial charge < -0.3 is 15.4 Å².